The quantitative estimate of drug-likeness (QED) is 0.861. The summed E-state index contributed by atoms with van der Waals surface area (Å²) in [6.07, 6.45) is -0.259. The monoisotopic (exact) mass is 360 g/mol. The molecule has 0 saturated carbocycles. The van der Waals surface area contributed by atoms with E-state index in [0.717, 1.165) is 10.2 Å². The lowest BCUT2D eigenvalue weighted by molar-refractivity contribution is 0.0105. The van der Waals surface area contributed by atoms with E-state index in [2.05, 4.69) is 21.2 Å². The first kappa shape index (κ1) is 15.4. The lowest BCUT2D eigenvalue weighted by Gasteiger charge is -2.40. The molecule has 1 fully saturated rings. The summed E-state index contributed by atoms with van der Waals surface area (Å²) in [4.78, 5) is 13.5. The molecule has 0 unspecified atom stereocenters. The van der Waals surface area contributed by atoms with Gasteiger partial charge in [-0.2, -0.15) is 0 Å². The van der Waals surface area contributed by atoms with Gasteiger partial charge >= 0.3 is 6.09 Å². The zero-order valence-corrected chi connectivity index (χ0v) is 14.1. The van der Waals surface area contributed by atoms with Crippen molar-refractivity contribution in [2.75, 3.05) is 18.4 Å². The molecule has 0 radical (unpaired) electrons. The van der Waals surface area contributed by atoms with Crippen LogP contribution in [-0.2, 0) is 4.74 Å². The third-order valence-electron chi connectivity index (χ3n) is 2.82. The standard InChI is InChI=1S/C14H18BrClN2O2/c1-14(2,3)20-13(19)18-7-10(8-18)17-12-5-4-9(16)6-11(12)15/h4-6,10,17H,7-8H2,1-3H3. The zero-order valence-electron chi connectivity index (χ0n) is 11.7. The van der Waals surface area contributed by atoms with Gasteiger partial charge in [-0.3, -0.25) is 0 Å². The van der Waals surface area contributed by atoms with E-state index in [4.69, 9.17) is 16.3 Å². The molecule has 0 aromatic heterocycles. The second-order valence-electron chi connectivity index (χ2n) is 5.85. The fourth-order valence-corrected chi connectivity index (χ4v) is 2.67. The minimum Gasteiger partial charge on any atom is -0.444 e. The molecule has 1 aliphatic rings. The van der Waals surface area contributed by atoms with Gasteiger partial charge in [0.15, 0.2) is 0 Å². The highest BCUT2D eigenvalue weighted by atomic mass is 79.9. The molecule has 1 amide bonds. The van der Waals surface area contributed by atoms with Crippen molar-refractivity contribution < 1.29 is 9.53 Å². The Kier molecular flexibility index (Phi) is 4.49. The molecule has 0 aliphatic carbocycles. The van der Waals surface area contributed by atoms with E-state index < -0.39 is 5.60 Å². The van der Waals surface area contributed by atoms with Crippen LogP contribution in [0.1, 0.15) is 20.8 Å². The maximum absolute atomic E-state index is 11.8. The number of hydrogen-bond acceptors (Lipinski definition) is 3. The van der Waals surface area contributed by atoms with Crippen LogP contribution in [0, 0.1) is 0 Å². The Balaban J connectivity index is 1.83. The van der Waals surface area contributed by atoms with Gasteiger partial charge in [0.05, 0.1) is 6.04 Å². The number of amides is 1. The number of hydrogen-bond donors (Lipinski definition) is 1. The van der Waals surface area contributed by atoms with E-state index in [0.29, 0.717) is 18.1 Å². The largest absolute Gasteiger partial charge is 0.444 e. The predicted molar refractivity (Wildman–Crippen MR) is 84.4 cm³/mol. The molecule has 1 aliphatic heterocycles. The number of likely N-dealkylation sites (tertiary alicyclic amines) is 1. The molecule has 20 heavy (non-hydrogen) atoms. The van der Waals surface area contributed by atoms with Gasteiger partial charge in [0.2, 0.25) is 0 Å². The maximum Gasteiger partial charge on any atom is 0.410 e. The number of benzene rings is 1. The van der Waals surface area contributed by atoms with E-state index in [1.54, 1.807) is 4.90 Å². The number of anilines is 1. The molecule has 0 atom stereocenters. The Hall–Kier alpha value is -0.940. The average molecular weight is 362 g/mol. The average Bonchev–Trinajstić information content (AvgIpc) is 2.22. The van der Waals surface area contributed by atoms with Crippen molar-refractivity contribution in [3.8, 4) is 0 Å². The van der Waals surface area contributed by atoms with Gasteiger partial charge in [-0.25, -0.2) is 4.79 Å². The summed E-state index contributed by atoms with van der Waals surface area (Å²) in [5.74, 6) is 0. The lowest BCUT2D eigenvalue weighted by atomic mass is 10.1. The molecule has 0 spiro atoms. The molecule has 1 aromatic rings. The first-order valence-electron chi connectivity index (χ1n) is 6.44. The molecule has 1 heterocycles. The molecule has 6 heteroatoms. The van der Waals surface area contributed by atoms with Gasteiger partial charge in [-0.15, -0.1) is 0 Å². The van der Waals surface area contributed by atoms with Crippen LogP contribution in [0.3, 0.4) is 0 Å². The van der Waals surface area contributed by atoms with Crippen LogP contribution in [0.2, 0.25) is 5.02 Å². The second kappa shape index (κ2) is 5.82. The van der Waals surface area contributed by atoms with E-state index >= 15 is 0 Å². The van der Waals surface area contributed by atoms with Gasteiger partial charge in [-0.05, 0) is 54.9 Å². The highest BCUT2D eigenvalue weighted by Crippen LogP contribution is 2.28. The summed E-state index contributed by atoms with van der Waals surface area (Å²) >= 11 is 9.36. The highest BCUT2D eigenvalue weighted by molar-refractivity contribution is 9.10. The van der Waals surface area contributed by atoms with Gasteiger partial charge in [0.1, 0.15) is 5.60 Å². The SMILES string of the molecule is CC(C)(C)OC(=O)N1CC(Nc2ccc(Cl)cc2Br)C1. The van der Waals surface area contributed by atoms with Gasteiger partial charge in [-0.1, -0.05) is 11.6 Å². The molecule has 1 aromatic carbocycles. The van der Waals surface area contributed by atoms with Crippen molar-refractivity contribution >= 4 is 39.3 Å². The number of halogens is 2. The zero-order chi connectivity index (χ0) is 14.9. The van der Waals surface area contributed by atoms with Crippen molar-refractivity contribution in [3.63, 3.8) is 0 Å². The smallest absolute Gasteiger partial charge is 0.410 e. The van der Waals surface area contributed by atoms with Gasteiger partial charge < -0.3 is 15.0 Å². The normalized spacial score (nSPS) is 15.8. The van der Waals surface area contributed by atoms with Crippen LogP contribution in [-0.4, -0.2) is 35.7 Å². The predicted octanol–water partition coefficient (Wildman–Crippen LogP) is 4.13. The summed E-state index contributed by atoms with van der Waals surface area (Å²) in [7, 11) is 0. The van der Waals surface area contributed by atoms with Gasteiger partial charge in [0, 0.05) is 28.3 Å². The number of ether oxygens (including phenoxy) is 1. The van der Waals surface area contributed by atoms with Crippen LogP contribution >= 0.6 is 27.5 Å². The number of nitrogens with one attached hydrogen (secondary N) is 1. The van der Waals surface area contributed by atoms with Crippen molar-refractivity contribution in [1.29, 1.82) is 0 Å². The first-order chi connectivity index (χ1) is 9.24. The Labute approximate surface area is 132 Å². The minimum atomic E-state index is -0.450. The Morgan fingerprint density at radius 2 is 2.10 bits per heavy atom. The molecule has 1 saturated heterocycles. The van der Waals surface area contributed by atoms with E-state index in [1.165, 1.54) is 0 Å². The number of nitrogens with zero attached hydrogens (tertiary/aromatic N) is 1. The first-order valence-corrected chi connectivity index (χ1v) is 7.61. The molecule has 0 bridgehead atoms. The minimum absolute atomic E-state index is 0.236. The summed E-state index contributed by atoms with van der Waals surface area (Å²) in [5, 5.41) is 4.05. The van der Waals surface area contributed by atoms with Crippen LogP contribution in [0.15, 0.2) is 22.7 Å². The molecule has 1 N–H and O–H groups in total. The van der Waals surface area contributed by atoms with Crippen molar-refractivity contribution in [2.24, 2.45) is 0 Å². The summed E-state index contributed by atoms with van der Waals surface area (Å²) in [5.41, 5.74) is 0.526. The summed E-state index contributed by atoms with van der Waals surface area (Å²) < 4.78 is 6.23. The third-order valence-corrected chi connectivity index (χ3v) is 3.72. The van der Waals surface area contributed by atoms with Crippen LogP contribution in [0.5, 0.6) is 0 Å². The third kappa shape index (κ3) is 4.03. The van der Waals surface area contributed by atoms with Crippen molar-refractivity contribution in [3.05, 3.63) is 27.7 Å². The fourth-order valence-electron chi connectivity index (χ4n) is 1.87. The van der Waals surface area contributed by atoms with Crippen LogP contribution < -0.4 is 5.32 Å². The van der Waals surface area contributed by atoms with Crippen molar-refractivity contribution in [2.45, 2.75) is 32.4 Å². The Bertz CT molecular complexity index is 510. The number of carbonyl (C=O) groups excluding carboxylic acids is 1. The maximum atomic E-state index is 11.8. The fraction of sp³-hybridized carbons (Fsp3) is 0.500. The van der Waals surface area contributed by atoms with Gasteiger partial charge in [0.25, 0.3) is 0 Å². The van der Waals surface area contributed by atoms with Crippen molar-refractivity contribution in [1.82, 2.24) is 4.90 Å². The number of carbonyl (C=O) groups is 1. The lowest BCUT2D eigenvalue weighted by Crippen LogP contribution is -2.57. The van der Waals surface area contributed by atoms with Crippen LogP contribution in [0.25, 0.3) is 0 Å². The van der Waals surface area contributed by atoms with E-state index in [-0.39, 0.29) is 12.1 Å². The van der Waals surface area contributed by atoms with E-state index in [9.17, 15) is 4.79 Å². The molecule has 4 nitrogen and oxygen atoms in total. The molecular weight excluding hydrogens is 344 g/mol. The molecule has 2 rings (SSSR count). The molecular formula is C14H18BrClN2O2. The Morgan fingerprint density at radius 1 is 1.45 bits per heavy atom. The highest BCUT2D eigenvalue weighted by Gasteiger charge is 2.33. The van der Waals surface area contributed by atoms with E-state index in [1.807, 2.05) is 39.0 Å². The summed E-state index contributed by atoms with van der Waals surface area (Å²) in [6, 6.07) is 5.83. The number of rotatable bonds is 2. The second-order valence-corrected chi connectivity index (χ2v) is 7.14. The van der Waals surface area contributed by atoms with Crippen LogP contribution in [0.4, 0.5) is 10.5 Å². The molecule has 110 valence electrons. The topological polar surface area (TPSA) is 41.6 Å². The summed E-state index contributed by atoms with van der Waals surface area (Å²) in [6.45, 7) is 6.88. The Morgan fingerprint density at radius 3 is 2.65 bits per heavy atom.